The van der Waals surface area contributed by atoms with Gasteiger partial charge >= 0.3 is 5.97 Å². The number of rotatable bonds is 10. The number of aromatic nitrogens is 1. The fraction of sp³-hybridized carbons (Fsp3) is 0.375. The van der Waals surface area contributed by atoms with E-state index in [2.05, 4.69) is 18.0 Å². The molecule has 3 rings (SSSR count). The minimum absolute atomic E-state index is 0.0801. The Bertz CT molecular complexity index is 1290. The first-order chi connectivity index (χ1) is 15.8. The molecular weight excluding hydrogens is 460 g/mol. The number of sulfone groups is 1. The second kappa shape index (κ2) is 11.4. The average molecular weight is 489 g/mol. The van der Waals surface area contributed by atoms with Gasteiger partial charge in [0, 0.05) is 6.42 Å². The van der Waals surface area contributed by atoms with Crippen LogP contribution in [-0.4, -0.2) is 37.7 Å². The smallest absolute Gasteiger partial charge is 0.325 e. The maximum atomic E-state index is 12.6. The molecule has 0 N–H and O–H groups in total. The van der Waals surface area contributed by atoms with Crippen LogP contribution >= 0.6 is 11.3 Å². The summed E-state index contributed by atoms with van der Waals surface area (Å²) in [6.45, 7) is 2.06. The number of fused-ring (bicyclic) bond motifs is 1. The zero-order valence-electron chi connectivity index (χ0n) is 18.8. The van der Waals surface area contributed by atoms with Crippen LogP contribution in [0.3, 0.4) is 0 Å². The molecule has 0 aliphatic rings. The lowest BCUT2D eigenvalue weighted by atomic mass is 10.1. The molecule has 2 aromatic carbocycles. The maximum Gasteiger partial charge on any atom is 0.325 e. The Hall–Kier alpha value is -2.78. The molecule has 33 heavy (non-hydrogen) atoms. The number of carbonyl (C=O) groups excluding carboxylic acids is 2. The van der Waals surface area contributed by atoms with E-state index in [-0.39, 0.29) is 24.5 Å². The van der Waals surface area contributed by atoms with Crippen LogP contribution in [0.15, 0.2) is 53.5 Å². The van der Waals surface area contributed by atoms with Crippen molar-refractivity contribution in [3.63, 3.8) is 0 Å². The van der Waals surface area contributed by atoms with E-state index in [1.165, 1.54) is 24.0 Å². The Morgan fingerprint density at radius 3 is 2.55 bits per heavy atom. The van der Waals surface area contributed by atoms with Gasteiger partial charge in [0.05, 0.1) is 28.8 Å². The number of hydrogen-bond donors (Lipinski definition) is 0. The number of unbranched alkanes of at least 4 members (excludes halogenated alkanes) is 1. The van der Waals surface area contributed by atoms with Crippen molar-refractivity contribution in [3.05, 3.63) is 64.5 Å². The summed E-state index contributed by atoms with van der Waals surface area (Å²) in [5.74, 6) is -1.40. The van der Waals surface area contributed by atoms with Gasteiger partial charge in [-0.25, -0.2) is 8.42 Å². The van der Waals surface area contributed by atoms with Crippen LogP contribution in [0.5, 0.6) is 0 Å². The van der Waals surface area contributed by atoms with Gasteiger partial charge in [-0.2, -0.15) is 4.99 Å². The third-order valence-corrected chi connectivity index (χ3v) is 7.80. The molecule has 7 nitrogen and oxygen atoms in total. The summed E-state index contributed by atoms with van der Waals surface area (Å²) in [4.78, 5) is 29.0. The van der Waals surface area contributed by atoms with Crippen LogP contribution in [0.25, 0.3) is 10.2 Å². The molecule has 0 aliphatic heterocycles. The maximum absolute atomic E-state index is 12.6. The Balaban J connectivity index is 1.83. The number of aryl methyl sites for hydroxylation is 1. The number of methoxy groups -OCH3 is 1. The van der Waals surface area contributed by atoms with Gasteiger partial charge in [-0.1, -0.05) is 61.1 Å². The molecule has 0 aliphatic carbocycles. The highest BCUT2D eigenvalue weighted by molar-refractivity contribution is 7.90. The van der Waals surface area contributed by atoms with Gasteiger partial charge in [-0.05, 0) is 36.1 Å². The third-order valence-electron chi connectivity index (χ3n) is 5.16. The Labute approximate surface area is 197 Å². The molecule has 0 spiro atoms. The van der Waals surface area contributed by atoms with Crippen LogP contribution in [0.4, 0.5) is 0 Å². The van der Waals surface area contributed by atoms with E-state index < -0.39 is 21.7 Å². The lowest BCUT2D eigenvalue weighted by molar-refractivity contribution is -0.141. The molecule has 0 saturated carbocycles. The Kier molecular flexibility index (Phi) is 8.57. The molecule has 1 heterocycles. The zero-order valence-corrected chi connectivity index (χ0v) is 20.5. The van der Waals surface area contributed by atoms with E-state index in [1.807, 2.05) is 18.2 Å². The van der Waals surface area contributed by atoms with Gasteiger partial charge in [0.1, 0.15) is 6.54 Å². The average Bonchev–Trinajstić information content (AvgIpc) is 3.12. The highest BCUT2D eigenvalue weighted by Crippen LogP contribution is 2.21. The molecular formula is C24H28N2O5S2. The largest absolute Gasteiger partial charge is 0.468 e. The van der Waals surface area contributed by atoms with Crippen molar-refractivity contribution in [1.82, 2.24) is 4.57 Å². The summed E-state index contributed by atoms with van der Waals surface area (Å²) in [7, 11) is -2.15. The fourth-order valence-electron chi connectivity index (χ4n) is 3.39. The van der Waals surface area contributed by atoms with Gasteiger partial charge in [-0.3, -0.25) is 9.59 Å². The topological polar surface area (TPSA) is 94.8 Å². The first kappa shape index (κ1) is 24.9. The molecule has 0 bridgehead atoms. The van der Waals surface area contributed by atoms with Crippen molar-refractivity contribution in [2.75, 3.05) is 12.9 Å². The van der Waals surface area contributed by atoms with Crippen LogP contribution in [0, 0.1) is 0 Å². The van der Waals surface area contributed by atoms with Gasteiger partial charge in [0.2, 0.25) is 5.91 Å². The monoisotopic (exact) mass is 488 g/mol. The standard InChI is InChI=1S/C24H28N2O5S2/c1-3-4-8-18-11-12-20-21(15-18)32-24(26(20)16-23(28)31-2)25-22(27)13-14-33(29,30)17-19-9-6-5-7-10-19/h5-7,9-12,15H,3-4,8,13-14,16-17H2,1-2H3. The molecule has 9 heteroatoms. The number of thiazole rings is 1. The first-order valence-electron chi connectivity index (χ1n) is 10.8. The van der Waals surface area contributed by atoms with Crippen LogP contribution in [0.2, 0.25) is 0 Å². The quantitative estimate of drug-likeness (QED) is 0.406. The Morgan fingerprint density at radius 2 is 1.85 bits per heavy atom. The van der Waals surface area contributed by atoms with Gasteiger partial charge in [0.15, 0.2) is 14.6 Å². The van der Waals surface area contributed by atoms with E-state index in [9.17, 15) is 18.0 Å². The van der Waals surface area contributed by atoms with Crippen LogP contribution in [0.1, 0.15) is 37.3 Å². The number of carbonyl (C=O) groups is 2. The number of esters is 1. The summed E-state index contributed by atoms with van der Waals surface area (Å²) in [6.07, 6.45) is 2.90. The molecule has 1 aromatic heterocycles. The molecule has 0 saturated heterocycles. The Morgan fingerprint density at radius 1 is 1.09 bits per heavy atom. The number of amides is 1. The second-order valence-corrected chi connectivity index (χ2v) is 11.0. The molecule has 1 amide bonds. The molecule has 3 aromatic rings. The summed E-state index contributed by atoms with van der Waals surface area (Å²) < 4.78 is 32.2. The number of nitrogens with zero attached hydrogens (tertiary/aromatic N) is 2. The van der Waals surface area contributed by atoms with Crippen molar-refractivity contribution in [3.8, 4) is 0 Å². The molecule has 0 fully saturated rings. The van der Waals surface area contributed by atoms with E-state index >= 15 is 0 Å². The van der Waals surface area contributed by atoms with Crippen molar-refractivity contribution in [1.29, 1.82) is 0 Å². The summed E-state index contributed by atoms with van der Waals surface area (Å²) >= 11 is 1.31. The SMILES string of the molecule is CCCCc1ccc2c(c1)sc(=NC(=O)CCS(=O)(=O)Cc1ccccc1)n2CC(=O)OC. The van der Waals surface area contributed by atoms with Crippen molar-refractivity contribution in [2.45, 2.75) is 44.9 Å². The van der Waals surface area contributed by atoms with Gasteiger partial charge in [0.25, 0.3) is 0 Å². The van der Waals surface area contributed by atoms with Crippen molar-refractivity contribution in [2.24, 2.45) is 4.99 Å². The van der Waals surface area contributed by atoms with Crippen molar-refractivity contribution >= 4 is 43.3 Å². The summed E-state index contributed by atoms with van der Waals surface area (Å²) in [5, 5.41) is 0. The number of hydrogen-bond acceptors (Lipinski definition) is 6. The van der Waals surface area contributed by atoms with E-state index in [1.54, 1.807) is 28.8 Å². The summed E-state index contributed by atoms with van der Waals surface area (Å²) in [5.41, 5.74) is 2.65. The number of benzene rings is 2. The highest BCUT2D eigenvalue weighted by atomic mass is 32.2. The minimum Gasteiger partial charge on any atom is -0.468 e. The third kappa shape index (κ3) is 7.10. The zero-order chi connectivity index (χ0) is 23.8. The van der Waals surface area contributed by atoms with Crippen molar-refractivity contribution < 1.29 is 22.7 Å². The van der Waals surface area contributed by atoms with E-state index in [0.717, 1.165) is 29.5 Å². The molecule has 0 atom stereocenters. The van der Waals surface area contributed by atoms with E-state index in [0.29, 0.717) is 10.4 Å². The van der Waals surface area contributed by atoms with Crippen LogP contribution in [-0.2, 0) is 42.9 Å². The lowest BCUT2D eigenvalue weighted by Crippen LogP contribution is -2.23. The molecule has 0 unspecified atom stereocenters. The highest BCUT2D eigenvalue weighted by Gasteiger charge is 2.16. The van der Waals surface area contributed by atoms with Gasteiger partial charge < -0.3 is 9.30 Å². The normalized spacial score (nSPS) is 12.2. The fourth-order valence-corrected chi connectivity index (χ4v) is 5.83. The van der Waals surface area contributed by atoms with Crippen LogP contribution < -0.4 is 4.80 Å². The predicted octanol–water partition coefficient (Wildman–Crippen LogP) is 3.65. The molecule has 0 radical (unpaired) electrons. The second-order valence-electron chi connectivity index (χ2n) is 7.79. The molecule has 176 valence electrons. The van der Waals surface area contributed by atoms with E-state index in [4.69, 9.17) is 4.74 Å². The lowest BCUT2D eigenvalue weighted by Gasteiger charge is -2.05. The minimum atomic E-state index is -3.45. The first-order valence-corrected chi connectivity index (χ1v) is 13.5. The van der Waals surface area contributed by atoms with Gasteiger partial charge in [-0.15, -0.1) is 0 Å². The summed E-state index contributed by atoms with van der Waals surface area (Å²) in [6, 6.07) is 14.9. The number of ether oxygens (including phenoxy) is 1. The predicted molar refractivity (Wildman–Crippen MR) is 130 cm³/mol.